The maximum absolute atomic E-state index is 12.3. The van der Waals surface area contributed by atoms with Crippen LogP contribution in [0, 0.1) is 5.41 Å². The Bertz CT molecular complexity index is 531. The van der Waals surface area contributed by atoms with Gasteiger partial charge in [0.25, 0.3) is 0 Å². The van der Waals surface area contributed by atoms with Crippen LogP contribution in [0.4, 0.5) is 8.78 Å². The van der Waals surface area contributed by atoms with Crippen LogP contribution in [0.2, 0.25) is 0 Å². The molecule has 0 saturated carbocycles. The topological polar surface area (TPSA) is 73.6 Å². The van der Waals surface area contributed by atoms with Gasteiger partial charge in [0.15, 0.2) is 11.5 Å². The summed E-state index contributed by atoms with van der Waals surface area (Å²) in [5.74, 6) is -0.105. The van der Waals surface area contributed by atoms with E-state index >= 15 is 0 Å². The molecule has 0 fully saturated rings. The SMILES string of the molecule is CCOc1cc(CNC(=O)[C@@H](N)C(C)(C)C)ccc1OC(F)F. The first-order valence-corrected chi connectivity index (χ1v) is 7.39. The quantitative estimate of drug-likeness (QED) is 0.806. The maximum Gasteiger partial charge on any atom is 0.387 e. The first-order chi connectivity index (χ1) is 10.6. The van der Waals surface area contributed by atoms with Crippen LogP contribution in [0.3, 0.4) is 0 Å². The number of alkyl halides is 2. The monoisotopic (exact) mass is 330 g/mol. The largest absolute Gasteiger partial charge is 0.490 e. The van der Waals surface area contributed by atoms with Crippen LogP contribution < -0.4 is 20.5 Å². The molecular weight excluding hydrogens is 306 g/mol. The van der Waals surface area contributed by atoms with Crippen molar-refractivity contribution in [3.05, 3.63) is 23.8 Å². The minimum atomic E-state index is -2.93. The van der Waals surface area contributed by atoms with Gasteiger partial charge in [-0.1, -0.05) is 26.8 Å². The summed E-state index contributed by atoms with van der Waals surface area (Å²) in [5.41, 5.74) is 6.22. The van der Waals surface area contributed by atoms with Gasteiger partial charge in [-0.25, -0.2) is 0 Å². The van der Waals surface area contributed by atoms with Gasteiger partial charge in [-0.15, -0.1) is 0 Å². The van der Waals surface area contributed by atoms with Crippen molar-refractivity contribution < 1.29 is 23.0 Å². The number of carbonyl (C=O) groups excluding carboxylic acids is 1. The lowest BCUT2D eigenvalue weighted by molar-refractivity contribution is -0.124. The average molecular weight is 330 g/mol. The summed E-state index contributed by atoms with van der Waals surface area (Å²) in [6.45, 7) is 4.97. The summed E-state index contributed by atoms with van der Waals surface area (Å²) >= 11 is 0. The predicted octanol–water partition coefficient (Wildman–Crippen LogP) is 2.68. The van der Waals surface area contributed by atoms with E-state index in [9.17, 15) is 13.6 Å². The molecule has 130 valence electrons. The van der Waals surface area contributed by atoms with Crippen LogP contribution in [0.5, 0.6) is 11.5 Å². The fourth-order valence-corrected chi connectivity index (χ4v) is 1.82. The van der Waals surface area contributed by atoms with Gasteiger partial charge < -0.3 is 20.5 Å². The molecule has 0 aliphatic carbocycles. The molecule has 0 unspecified atom stereocenters. The molecule has 0 aromatic heterocycles. The van der Waals surface area contributed by atoms with Crippen molar-refractivity contribution in [3.8, 4) is 11.5 Å². The molecular formula is C16H24F2N2O3. The summed E-state index contributed by atoms with van der Waals surface area (Å²) in [4.78, 5) is 12.0. The maximum atomic E-state index is 12.3. The Kier molecular flexibility index (Phi) is 6.75. The number of carbonyl (C=O) groups is 1. The minimum Gasteiger partial charge on any atom is -0.490 e. The lowest BCUT2D eigenvalue weighted by Gasteiger charge is -2.25. The van der Waals surface area contributed by atoms with Gasteiger partial charge in [-0.05, 0) is 30.0 Å². The van der Waals surface area contributed by atoms with Crippen LogP contribution in [-0.2, 0) is 11.3 Å². The molecule has 5 nitrogen and oxygen atoms in total. The molecule has 1 amide bonds. The highest BCUT2D eigenvalue weighted by Crippen LogP contribution is 2.30. The lowest BCUT2D eigenvalue weighted by Crippen LogP contribution is -2.48. The highest BCUT2D eigenvalue weighted by atomic mass is 19.3. The third kappa shape index (κ3) is 6.02. The number of hydrogen-bond donors (Lipinski definition) is 2. The third-order valence-corrected chi connectivity index (χ3v) is 3.21. The number of hydrogen-bond acceptors (Lipinski definition) is 4. The van der Waals surface area contributed by atoms with Crippen molar-refractivity contribution in [2.75, 3.05) is 6.61 Å². The summed E-state index contributed by atoms with van der Waals surface area (Å²) in [6.07, 6.45) is 0. The number of rotatable bonds is 7. The zero-order valence-electron chi connectivity index (χ0n) is 13.9. The molecule has 0 aliphatic heterocycles. The smallest absolute Gasteiger partial charge is 0.387 e. The summed E-state index contributed by atoms with van der Waals surface area (Å²) in [6, 6.07) is 3.89. The van der Waals surface area contributed by atoms with E-state index in [2.05, 4.69) is 10.1 Å². The van der Waals surface area contributed by atoms with Crippen LogP contribution in [0.15, 0.2) is 18.2 Å². The second kappa shape index (κ2) is 8.10. The number of halogens is 2. The molecule has 0 aliphatic rings. The van der Waals surface area contributed by atoms with E-state index in [0.29, 0.717) is 12.2 Å². The van der Waals surface area contributed by atoms with E-state index in [1.807, 2.05) is 20.8 Å². The first kappa shape index (κ1) is 19.2. The number of benzene rings is 1. The van der Waals surface area contributed by atoms with Crippen molar-refractivity contribution in [1.82, 2.24) is 5.32 Å². The van der Waals surface area contributed by atoms with Gasteiger partial charge in [0.1, 0.15) is 0 Å². The summed E-state index contributed by atoms with van der Waals surface area (Å²) in [5, 5.41) is 2.73. The molecule has 0 heterocycles. The van der Waals surface area contributed by atoms with Crippen molar-refractivity contribution in [3.63, 3.8) is 0 Å². The highest BCUT2D eigenvalue weighted by Gasteiger charge is 2.27. The van der Waals surface area contributed by atoms with Gasteiger partial charge in [0, 0.05) is 6.54 Å². The molecule has 3 N–H and O–H groups in total. The van der Waals surface area contributed by atoms with Crippen molar-refractivity contribution >= 4 is 5.91 Å². The van der Waals surface area contributed by atoms with Crippen LogP contribution in [-0.4, -0.2) is 25.2 Å². The Morgan fingerprint density at radius 3 is 2.48 bits per heavy atom. The van der Waals surface area contributed by atoms with Crippen LogP contribution in [0.25, 0.3) is 0 Å². The Hall–Kier alpha value is -1.89. The Morgan fingerprint density at radius 1 is 1.30 bits per heavy atom. The zero-order valence-corrected chi connectivity index (χ0v) is 13.9. The summed E-state index contributed by atoms with van der Waals surface area (Å²) < 4.78 is 34.4. The summed E-state index contributed by atoms with van der Waals surface area (Å²) in [7, 11) is 0. The molecule has 0 spiro atoms. The fraction of sp³-hybridized carbons (Fsp3) is 0.562. The molecule has 0 radical (unpaired) electrons. The van der Waals surface area contributed by atoms with E-state index in [1.165, 1.54) is 6.07 Å². The average Bonchev–Trinajstić information content (AvgIpc) is 2.45. The van der Waals surface area contributed by atoms with E-state index < -0.39 is 12.7 Å². The van der Waals surface area contributed by atoms with Crippen LogP contribution >= 0.6 is 0 Å². The first-order valence-electron chi connectivity index (χ1n) is 7.39. The number of nitrogens with two attached hydrogens (primary N) is 1. The molecule has 23 heavy (non-hydrogen) atoms. The standard InChI is InChI=1S/C16H24F2N2O3/c1-5-22-12-8-10(6-7-11(12)23-15(17)18)9-20-14(21)13(19)16(2,3)4/h6-8,13,15H,5,9,19H2,1-4H3,(H,20,21)/t13-/m1/s1. The predicted molar refractivity (Wildman–Crippen MR) is 83.5 cm³/mol. The van der Waals surface area contributed by atoms with E-state index in [1.54, 1.807) is 19.1 Å². The Balaban J connectivity index is 2.78. The molecule has 0 saturated heterocycles. The van der Waals surface area contributed by atoms with E-state index in [0.717, 1.165) is 0 Å². The van der Waals surface area contributed by atoms with E-state index in [4.69, 9.17) is 10.5 Å². The lowest BCUT2D eigenvalue weighted by atomic mass is 9.87. The molecule has 7 heteroatoms. The van der Waals surface area contributed by atoms with Crippen molar-refractivity contribution in [2.24, 2.45) is 11.1 Å². The van der Waals surface area contributed by atoms with E-state index in [-0.39, 0.29) is 29.4 Å². The van der Waals surface area contributed by atoms with Gasteiger partial charge in [0.2, 0.25) is 5.91 Å². The molecule has 1 atom stereocenters. The zero-order chi connectivity index (χ0) is 17.6. The molecule has 1 aromatic rings. The van der Waals surface area contributed by atoms with Gasteiger partial charge >= 0.3 is 6.61 Å². The number of nitrogens with one attached hydrogen (secondary N) is 1. The number of amides is 1. The fourth-order valence-electron chi connectivity index (χ4n) is 1.82. The third-order valence-electron chi connectivity index (χ3n) is 3.21. The van der Waals surface area contributed by atoms with Crippen molar-refractivity contribution in [1.29, 1.82) is 0 Å². The normalized spacial score (nSPS) is 12.9. The van der Waals surface area contributed by atoms with Gasteiger partial charge in [0.05, 0.1) is 12.6 Å². The second-order valence-corrected chi connectivity index (χ2v) is 6.15. The van der Waals surface area contributed by atoms with Gasteiger partial charge in [-0.2, -0.15) is 8.78 Å². The Labute approximate surface area is 135 Å². The van der Waals surface area contributed by atoms with Crippen molar-refractivity contribution in [2.45, 2.75) is 46.9 Å². The minimum absolute atomic E-state index is 0.0386. The molecule has 0 bridgehead atoms. The Morgan fingerprint density at radius 2 is 1.96 bits per heavy atom. The highest BCUT2D eigenvalue weighted by molar-refractivity contribution is 5.82. The second-order valence-electron chi connectivity index (χ2n) is 6.15. The number of ether oxygens (including phenoxy) is 2. The van der Waals surface area contributed by atoms with Crippen LogP contribution in [0.1, 0.15) is 33.3 Å². The molecule has 1 rings (SSSR count). The van der Waals surface area contributed by atoms with Gasteiger partial charge in [-0.3, -0.25) is 4.79 Å². The molecule has 1 aromatic carbocycles.